The van der Waals surface area contributed by atoms with Gasteiger partial charge in [0.15, 0.2) is 0 Å². The largest absolute Gasteiger partial charge is 0.489 e. The number of oxime groups is 1. The first kappa shape index (κ1) is 25.0. The second-order valence-corrected chi connectivity index (χ2v) is 8.69. The molecule has 180 valence electrons. The number of esters is 1. The lowest BCUT2D eigenvalue weighted by atomic mass is 9.95. The number of aromatic nitrogens is 2. The van der Waals surface area contributed by atoms with Crippen LogP contribution in [-0.4, -0.2) is 35.7 Å². The van der Waals surface area contributed by atoms with Crippen LogP contribution in [0.15, 0.2) is 66.1 Å². The van der Waals surface area contributed by atoms with Crippen molar-refractivity contribution in [1.82, 2.24) is 9.78 Å². The van der Waals surface area contributed by atoms with E-state index in [0.29, 0.717) is 24.7 Å². The van der Waals surface area contributed by atoms with Gasteiger partial charge in [0.1, 0.15) is 25.4 Å². The maximum absolute atomic E-state index is 12.1. The van der Waals surface area contributed by atoms with Gasteiger partial charge in [0.05, 0.1) is 24.7 Å². The van der Waals surface area contributed by atoms with Gasteiger partial charge in [0.2, 0.25) is 0 Å². The molecule has 1 atom stereocenters. The molecule has 7 nitrogen and oxygen atoms in total. The van der Waals surface area contributed by atoms with Gasteiger partial charge in [-0.05, 0) is 61.1 Å². The summed E-state index contributed by atoms with van der Waals surface area (Å²) in [5.41, 5.74) is 4.88. The molecule has 0 spiro atoms. The summed E-state index contributed by atoms with van der Waals surface area (Å²) in [6.45, 7) is 6.61. The summed E-state index contributed by atoms with van der Waals surface area (Å²) in [5.74, 6) is 0.537. The number of carbonyl (C=O) groups excluding carboxylic acids is 1. The molecule has 0 saturated carbocycles. The highest BCUT2D eigenvalue weighted by Crippen LogP contribution is 2.19. The van der Waals surface area contributed by atoms with Crippen LogP contribution in [0.3, 0.4) is 0 Å². The molecule has 0 bridgehead atoms. The molecule has 0 saturated heterocycles. The zero-order valence-electron chi connectivity index (χ0n) is 20.5. The van der Waals surface area contributed by atoms with Crippen molar-refractivity contribution in [3.8, 4) is 11.4 Å². The molecule has 7 heteroatoms. The summed E-state index contributed by atoms with van der Waals surface area (Å²) >= 11 is 0. The molecule has 0 radical (unpaired) electrons. The highest BCUT2D eigenvalue weighted by Gasteiger charge is 2.23. The maximum Gasteiger partial charge on any atom is 0.314 e. The molecule has 0 amide bonds. The van der Waals surface area contributed by atoms with Crippen LogP contribution >= 0.6 is 0 Å². The number of ether oxygens (including phenoxy) is 2. The maximum atomic E-state index is 12.1. The fourth-order valence-corrected chi connectivity index (χ4v) is 3.71. The van der Waals surface area contributed by atoms with Crippen molar-refractivity contribution in [1.29, 1.82) is 0 Å². The number of methoxy groups -OCH3 is 1. The van der Waals surface area contributed by atoms with Crippen LogP contribution in [0.2, 0.25) is 0 Å². The third-order valence-corrected chi connectivity index (χ3v) is 5.47. The van der Waals surface area contributed by atoms with Crippen molar-refractivity contribution >= 4 is 11.7 Å². The van der Waals surface area contributed by atoms with E-state index in [-0.39, 0.29) is 5.97 Å². The van der Waals surface area contributed by atoms with Crippen molar-refractivity contribution in [2.45, 2.75) is 40.2 Å². The summed E-state index contributed by atoms with van der Waals surface area (Å²) in [6.07, 6.45) is 5.33. The van der Waals surface area contributed by atoms with Crippen molar-refractivity contribution < 1.29 is 19.1 Å². The second-order valence-electron chi connectivity index (χ2n) is 8.69. The molecule has 0 N–H and O–H groups in total. The van der Waals surface area contributed by atoms with Crippen LogP contribution in [0.1, 0.15) is 37.5 Å². The van der Waals surface area contributed by atoms with E-state index in [1.54, 1.807) is 6.92 Å². The van der Waals surface area contributed by atoms with Crippen LogP contribution in [-0.2, 0) is 33.8 Å². The Morgan fingerprint density at radius 3 is 2.24 bits per heavy atom. The van der Waals surface area contributed by atoms with Crippen LogP contribution in [0.25, 0.3) is 5.69 Å². The Kier molecular flexibility index (Phi) is 8.85. The summed E-state index contributed by atoms with van der Waals surface area (Å²) in [6, 6.07) is 16.2. The Morgan fingerprint density at radius 1 is 0.971 bits per heavy atom. The van der Waals surface area contributed by atoms with Crippen molar-refractivity contribution in [2.75, 3.05) is 14.2 Å². The van der Waals surface area contributed by atoms with Crippen LogP contribution in [0.5, 0.6) is 5.75 Å². The topological polar surface area (TPSA) is 74.9 Å². The molecule has 2 aromatic carbocycles. The second kappa shape index (κ2) is 12.0. The normalized spacial score (nSPS) is 12.5. The molecule has 0 aliphatic rings. The Bertz CT molecular complexity index is 1090. The molecular weight excluding hydrogens is 430 g/mol. The summed E-state index contributed by atoms with van der Waals surface area (Å²) in [4.78, 5) is 16.9. The quantitative estimate of drug-likeness (QED) is 0.227. The lowest BCUT2D eigenvalue weighted by Crippen LogP contribution is -2.26. The lowest BCUT2D eigenvalue weighted by Gasteiger charge is -2.14. The Labute approximate surface area is 201 Å². The van der Waals surface area contributed by atoms with E-state index in [0.717, 1.165) is 29.0 Å². The minimum Gasteiger partial charge on any atom is -0.489 e. The predicted octanol–water partition coefficient (Wildman–Crippen LogP) is 5.00. The van der Waals surface area contributed by atoms with Gasteiger partial charge in [0.25, 0.3) is 0 Å². The van der Waals surface area contributed by atoms with Gasteiger partial charge >= 0.3 is 5.97 Å². The summed E-state index contributed by atoms with van der Waals surface area (Å²) in [5, 5.41) is 8.36. The third-order valence-electron chi connectivity index (χ3n) is 5.47. The molecule has 1 aromatic heterocycles. The molecule has 3 aromatic rings. The molecular formula is C27H33N3O4. The Hall–Kier alpha value is -3.61. The van der Waals surface area contributed by atoms with Crippen LogP contribution in [0.4, 0.5) is 0 Å². The minimum atomic E-state index is -0.498. The van der Waals surface area contributed by atoms with Gasteiger partial charge in [-0.2, -0.15) is 5.10 Å². The number of carbonyl (C=O) groups is 1. The molecule has 0 aliphatic carbocycles. The number of hydrogen-bond donors (Lipinski definition) is 0. The van der Waals surface area contributed by atoms with Crippen molar-refractivity contribution in [3.63, 3.8) is 0 Å². The number of rotatable bonds is 11. The van der Waals surface area contributed by atoms with Gasteiger partial charge in [-0.3, -0.25) is 4.79 Å². The fraction of sp³-hybridized carbons (Fsp3) is 0.370. The first-order valence-corrected chi connectivity index (χ1v) is 11.4. The van der Waals surface area contributed by atoms with Crippen molar-refractivity contribution in [2.24, 2.45) is 17.0 Å². The average Bonchev–Trinajstić information content (AvgIpc) is 3.31. The van der Waals surface area contributed by atoms with E-state index < -0.39 is 5.92 Å². The summed E-state index contributed by atoms with van der Waals surface area (Å²) < 4.78 is 12.7. The van der Waals surface area contributed by atoms with Crippen molar-refractivity contribution in [3.05, 3.63) is 77.6 Å². The predicted molar refractivity (Wildman–Crippen MR) is 132 cm³/mol. The lowest BCUT2D eigenvalue weighted by molar-refractivity contribution is -0.143. The van der Waals surface area contributed by atoms with Gasteiger partial charge < -0.3 is 14.3 Å². The van der Waals surface area contributed by atoms with E-state index in [2.05, 4.69) is 48.4 Å². The van der Waals surface area contributed by atoms with E-state index in [4.69, 9.17) is 14.3 Å². The van der Waals surface area contributed by atoms with Crippen LogP contribution in [0, 0.1) is 11.8 Å². The number of hydrogen-bond acceptors (Lipinski definition) is 6. The minimum absolute atomic E-state index is 0.342. The van der Waals surface area contributed by atoms with Gasteiger partial charge in [-0.15, -0.1) is 0 Å². The Balaban J connectivity index is 1.58. The highest BCUT2D eigenvalue weighted by molar-refractivity contribution is 6.00. The SMILES string of the molecule is CO/N=C(\C)C(Cc1ccc(OCc2cnn(-c3ccc(CC(C)C)cc3)c2)cc1)C(=O)OC. The monoisotopic (exact) mass is 463 g/mol. The smallest absolute Gasteiger partial charge is 0.314 e. The van der Waals surface area contributed by atoms with E-state index >= 15 is 0 Å². The summed E-state index contributed by atoms with van der Waals surface area (Å²) in [7, 11) is 2.83. The standard InChI is InChI=1S/C27H33N3O4/c1-19(2)14-21-6-10-24(11-7-21)30-17-23(16-28-30)18-34-25-12-8-22(9-13-25)15-26(27(31)32-4)20(3)29-33-5/h6-13,16-17,19,26H,14-15,18H2,1-5H3/b29-20+. The van der Waals surface area contributed by atoms with E-state index in [1.807, 2.05) is 41.3 Å². The Morgan fingerprint density at radius 2 is 1.62 bits per heavy atom. The van der Waals surface area contributed by atoms with Crippen LogP contribution < -0.4 is 4.74 Å². The molecule has 1 unspecified atom stereocenters. The zero-order chi connectivity index (χ0) is 24.5. The molecule has 1 heterocycles. The van der Waals surface area contributed by atoms with Gasteiger partial charge in [-0.25, -0.2) is 4.68 Å². The number of nitrogens with zero attached hydrogens (tertiary/aromatic N) is 3. The third kappa shape index (κ3) is 6.94. The zero-order valence-corrected chi connectivity index (χ0v) is 20.5. The molecule has 3 rings (SSSR count). The first-order chi connectivity index (χ1) is 16.4. The first-order valence-electron chi connectivity index (χ1n) is 11.4. The fourth-order valence-electron chi connectivity index (χ4n) is 3.71. The van der Waals surface area contributed by atoms with Gasteiger partial charge in [0, 0.05) is 11.8 Å². The van der Waals surface area contributed by atoms with E-state index in [1.165, 1.54) is 19.8 Å². The molecule has 0 aliphatic heterocycles. The molecule has 34 heavy (non-hydrogen) atoms. The van der Waals surface area contributed by atoms with Gasteiger partial charge in [-0.1, -0.05) is 43.3 Å². The average molecular weight is 464 g/mol. The highest BCUT2D eigenvalue weighted by atomic mass is 16.6. The number of benzene rings is 2. The van der Waals surface area contributed by atoms with E-state index in [9.17, 15) is 4.79 Å². The molecule has 0 fully saturated rings.